The minimum absolute atomic E-state index is 0.264. The first-order chi connectivity index (χ1) is 35.2. The SMILES string of the molecule is CCCCCCCCCCCCCCCC/C=C\CCCCCCCCCCCCCCCCCCC(O)C(=O)NC(COC1OC(CO)C(O)C(O)C1O)C(O)C(O)CCCCCCCCCCCCC. The van der Waals surface area contributed by atoms with Crippen LogP contribution in [0.5, 0.6) is 0 Å². The molecule has 0 aromatic rings. The van der Waals surface area contributed by atoms with E-state index < -0.39 is 74.2 Å². The van der Waals surface area contributed by atoms with Gasteiger partial charge in [0.15, 0.2) is 6.29 Å². The first-order valence-corrected chi connectivity index (χ1v) is 31.1. The molecule has 1 heterocycles. The van der Waals surface area contributed by atoms with E-state index in [2.05, 4.69) is 31.3 Å². The van der Waals surface area contributed by atoms with Gasteiger partial charge in [0.05, 0.1) is 25.4 Å². The van der Waals surface area contributed by atoms with Crippen LogP contribution in [0, 0.1) is 0 Å². The molecule has 11 heteroatoms. The van der Waals surface area contributed by atoms with Gasteiger partial charge in [-0.05, 0) is 38.5 Å². The fraction of sp³-hybridized carbons (Fsp3) is 0.951. The summed E-state index contributed by atoms with van der Waals surface area (Å²) >= 11 is 0. The topological polar surface area (TPSA) is 189 Å². The highest BCUT2D eigenvalue weighted by Gasteiger charge is 2.44. The van der Waals surface area contributed by atoms with Gasteiger partial charge in [0.1, 0.15) is 36.6 Å². The van der Waals surface area contributed by atoms with Crippen LogP contribution < -0.4 is 5.32 Å². The zero-order valence-electron chi connectivity index (χ0n) is 46.9. The highest BCUT2D eigenvalue weighted by Crippen LogP contribution is 2.24. The predicted octanol–water partition coefficient (Wildman–Crippen LogP) is 13.5. The third kappa shape index (κ3) is 38.4. The molecule has 1 rings (SSSR count). The molecule has 428 valence electrons. The van der Waals surface area contributed by atoms with E-state index in [4.69, 9.17) is 9.47 Å². The van der Waals surface area contributed by atoms with Gasteiger partial charge in [-0.3, -0.25) is 4.79 Å². The van der Waals surface area contributed by atoms with Crippen molar-refractivity contribution in [2.24, 2.45) is 0 Å². The van der Waals surface area contributed by atoms with Gasteiger partial charge in [-0.15, -0.1) is 0 Å². The van der Waals surface area contributed by atoms with E-state index in [1.54, 1.807) is 0 Å². The van der Waals surface area contributed by atoms with Crippen LogP contribution in [0.4, 0.5) is 0 Å². The molecule has 0 bridgehead atoms. The summed E-state index contributed by atoms with van der Waals surface area (Å²) in [6.07, 6.45) is 48.8. The van der Waals surface area contributed by atoms with Crippen molar-refractivity contribution in [3.8, 4) is 0 Å². The number of carbonyl (C=O) groups excluding carboxylic acids is 1. The smallest absolute Gasteiger partial charge is 0.249 e. The van der Waals surface area contributed by atoms with Crippen LogP contribution in [-0.4, -0.2) is 110 Å². The molecule has 0 aromatic heterocycles. The van der Waals surface area contributed by atoms with E-state index in [0.717, 1.165) is 38.5 Å². The van der Waals surface area contributed by atoms with Crippen molar-refractivity contribution in [2.75, 3.05) is 13.2 Å². The summed E-state index contributed by atoms with van der Waals surface area (Å²) in [6, 6.07) is -1.16. The molecule has 0 spiro atoms. The van der Waals surface area contributed by atoms with Gasteiger partial charge in [0.2, 0.25) is 5.91 Å². The van der Waals surface area contributed by atoms with Crippen LogP contribution in [0.15, 0.2) is 12.2 Å². The molecule has 0 aliphatic carbocycles. The number of hydrogen-bond acceptors (Lipinski definition) is 10. The summed E-state index contributed by atoms with van der Waals surface area (Å²) in [6.45, 7) is 3.47. The zero-order valence-corrected chi connectivity index (χ0v) is 46.9. The maximum absolute atomic E-state index is 13.2. The van der Waals surface area contributed by atoms with Crippen molar-refractivity contribution in [3.05, 3.63) is 12.2 Å². The standard InChI is InChI=1S/C61H119NO10/c1-3-5-7-9-11-13-15-16-17-18-19-20-21-22-23-24-25-26-27-28-29-30-31-32-33-34-35-36-37-39-41-43-45-47-49-54(65)60(70)62-52(51-71-61-59(69)58(68)57(67)55(50-63)72-61)56(66)53(64)48-46-44-42-40-38-14-12-10-8-6-4-2/h24-25,52-59,61,63-69H,3-23,26-51H2,1-2H3,(H,62,70)/b25-24-. The van der Waals surface area contributed by atoms with E-state index in [9.17, 15) is 40.5 Å². The number of hydrogen-bond donors (Lipinski definition) is 8. The third-order valence-corrected chi connectivity index (χ3v) is 15.3. The van der Waals surface area contributed by atoms with E-state index in [0.29, 0.717) is 19.3 Å². The minimum atomic E-state index is -1.66. The Hall–Kier alpha value is -1.15. The first kappa shape index (κ1) is 68.9. The maximum Gasteiger partial charge on any atom is 0.249 e. The van der Waals surface area contributed by atoms with Crippen molar-refractivity contribution in [3.63, 3.8) is 0 Å². The Labute approximate surface area is 442 Å². The number of nitrogens with one attached hydrogen (secondary N) is 1. The normalized spacial score (nSPS) is 20.0. The summed E-state index contributed by atoms with van der Waals surface area (Å²) in [5.41, 5.74) is 0. The highest BCUT2D eigenvalue weighted by molar-refractivity contribution is 5.80. The molecule has 9 unspecified atom stereocenters. The lowest BCUT2D eigenvalue weighted by atomic mass is 9.98. The molecular formula is C61H119NO10. The Bertz CT molecular complexity index is 1180. The summed E-state index contributed by atoms with van der Waals surface area (Å²) < 4.78 is 11.1. The highest BCUT2D eigenvalue weighted by atomic mass is 16.7. The Kier molecular flexibility index (Phi) is 48.4. The molecule has 9 atom stereocenters. The molecule has 72 heavy (non-hydrogen) atoms. The molecule has 0 saturated carbocycles. The fourth-order valence-corrected chi connectivity index (χ4v) is 10.3. The summed E-state index contributed by atoms with van der Waals surface area (Å²) in [5.74, 6) is -0.693. The number of allylic oxidation sites excluding steroid dienone is 2. The summed E-state index contributed by atoms with van der Waals surface area (Å²) in [7, 11) is 0. The zero-order chi connectivity index (χ0) is 52.5. The van der Waals surface area contributed by atoms with Gasteiger partial charge in [0.25, 0.3) is 0 Å². The molecule has 1 saturated heterocycles. The Morgan fingerprint density at radius 2 is 0.806 bits per heavy atom. The van der Waals surface area contributed by atoms with Gasteiger partial charge in [-0.2, -0.15) is 0 Å². The molecule has 0 radical (unpaired) electrons. The van der Waals surface area contributed by atoms with Crippen LogP contribution in [0.3, 0.4) is 0 Å². The second-order valence-corrected chi connectivity index (χ2v) is 22.1. The number of aliphatic hydroxyl groups excluding tert-OH is 7. The van der Waals surface area contributed by atoms with Crippen LogP contribution in [0.1, 0.15) is 303 Å². The van der Waals surface area contributed by atoms with Crippen molar-refractivity contribution < 1.29 is 50.0 Å². The molecular weight excluding hydrogens is 907 g/mol. The lowest BCUT2D eigenvalue weighted by Gasteiger charge is -2.40. The average molecular weight is 1030 g/mol. The molecule has 1 amide bonds. The Balaban J connectivity index is 2.13. The minimum Gasteiger partial charge on any atom is -0.394 e. The number of ether oxygens (including phenoxy) is 2. The number of amides is 1. The average Bonchev–Trinajstić information content (AvgIpc) is 3.38. The lowest BCUT2D eigenvalue weighted by Crippen LogP contribution is -2.60. The van der Waals surface area contributed by atoms with Crippen molar-refractivity contribution in [2.45, 2.75) is 358 Å². The van der Waals surface area contributed by atoms with Crippen LogP contribution in [0.2, 0.25) is 0 Å². The van der Waals surface area contributed by atoms with Gasteiger partial charge < -0.3 is 50.5 Å². The Morgan fingerprint density at radius 3 is 1.17 bits per heavy atom. The van der Waals surface area contributed by atoms with Crippen LogP contribution in [-0.2, 0) is 14.3 Å². The van der Waals surface area contributed by atoms with Gasteiger partial charge >= 0.3 is 0 Å². The van der Waals surface area contributed by atoms with Crippen molar-refractivity contribution in [1.29, 1.82) is 0 Å². The van der Waals surface area contributed by atoms with E-state index in [1.165, 1.54) is 225 Å². The molecule has 8 N–H and O–H groups in total. The fourth-order valence-electron chi connectivity index (χ4n) is 10.3. The van der Waals surface area contributed by atoms with Crippen molar-refractivity contribution >= 4 is 5.91 Å². The monoisotopic (exact) mass is 1030 g/mol. The van der Waals surface area contributed by atoms with E-state index in [-0.39, 0.29) is 6.42 Å². The van der Waals surface area contributed by atoms with Crippen LogP contribution in [0.25, 0.3) is 0 Å². The number of aliphatic hydroxyl groups is 7. The second kappa shape index (κ2) is 50.7. The predicted molar refractivity (Wildman–Crippen MR) is 298 cm³/mol. The van der Waals surface area contributed by atoms with Crippen molar-refractivity contribution in [1.82, 2.24) is 5.32 Å². The first-order valence-electron chi connectivity index (χ1n) is 31.1. The quantitative estimate of drug-likeness (QED) is 0.0215. The summed E-state index contributed by atoms with van der Waals surface area (Å²) in [5, 5.41) is 76.0. The summed E-state index contributed by atoms with van der Waals surface area (Å²) in [4.78, 5) is 13.2. The molecule has 0 aromatic carbocycles. The van der Waals surface area contributed by atoms with E-state index >= 15 is 0 Å². The van der Waals surface area contributed by atoms with Gasteiger partial charge in [0, 0.05) is 0 Å². The van der Waals surface area contributed by atoms with E-state index in [1.807, 2.05) is 0 Å². The molecule has 11 nitrogen and oxygen atoms in total. The maximum atomic E-state index is 13.2. The van der Waals surface area contributed by atoms with Crippen LogP contribution >= 0.6 is 0 Å². The lowest BCUT2D eigenvalue weighted by molar-refractivity contribution is -0.303. The second-order valence-electron chi connectivity index (χ2n) is 22.1. The largest absolute Gasteiger partial charge is 0.394 e. The molecule has 1 aliphatic heterocycles. The number of rotatable bonds is 54. The number of carbonyl (C=O) groups is 1. The Morgan fingerprint density at radius 1 is 0.472 bits per heavy atom. The van der Waals surface area contributed by atoms with Gasteiger partial charge in [-0.25, -0.2) is 0 Å². The number of unbranched alkanes of at least 4 members (excludes halogenated alkanes) is 40. The molecule has 1 fully saturated rings. The van der Waals surface area contributed by atoms with Gasteiger partial charge in [-0.1, -0.05) is 276 Å². The molecule has 1 aliphatic rings. The third-order valence-electron chi connectivity index (χ3n) is 15.3.